The molecule has 1 aliphatic heterocycles. The number of hydrogen-bond donors (Lipinski definition) is 0. The van der Waals surface area contributed by atoms with Gasteiger partial charge in [-0.1, -0.05) is 6.07 Å². The predicted molar refractivity (Wildman–Crippen MR) is 65.5 cm³/mol. The topological polar surface area (TPSA) is 61.2 Å². The molecule has 1 aliphatic rings. The molecule has 1 heterocycles. The summed E-state index contributed by atoms with van der Waals surface area (Å²) in [7, 11) is -2.01. The number of nitriles is 1. The summed E-state index contributed by atoms with van der Waals surface area (Å²) in [6, 6.07) is 5.46. The second-order valence-corrected chi connectivity index (χ2v) is 6.52. The van der Waals surface area contributed by atoms with Crippen molar-refractivity contribution in [2.24, 2.45) is 0 Å². The highest BCUT2D eigenvalue weighted by Gasteiger charge is 2.42. The number of hydrogen-bond acceptors (Lipinski definition) is 4. The summed E-state index contributed by atoms with van der Waals surface area (Å²) in [4.78, 5) is 1.57. The quantitative estimate of drug-likeness (QED) is 0.778. The number of nitrogens with zero attached hydrogens (tertiary/aromatic N) is 2. The normalized spacial score (nSPS) is 25.3. The molecular formula is C12H13FN2O2S. The lowest BCUT2D eigenvalue weighted by Crippen LogP contribution is -2.48. The lowest BCUT2D eigenvalue weighted by molar-refractivity contribution is 0.526. The monoisotopic (exact) mass is 268 g/mol. The van der Waals surface area contributed by atoms with E-state index in [0.717, 1.165) is 0 Å². The molecule has 2 unspecified atom stereocenters. The third-order valence-electron chi connectivity index (χ3n) is 3.45. The largest absolute Gasteiger partial charge is 0.367 e. The Bertz CT molecular complexity index is 621. The molecule has 0 amide bonds. The van der Waals surface area contributed by atoms with Gasteiger partial charge in [-0.25, -0.2) is 12.8 Å². The van der Waals surface area contributed by atoms with Crippen LogP contribution in [0.5, 0.6) is 0 Å². The van der Waals surface area contributed by atoms with Crippen molar-refractivity contribution in [3.8, 4) is 6.07 Å². The van der Waals surface area contributed by atoms with Crippen molar-refractivity contribution in [1.82, 2.24) is 0 Å². The molecular weight excluding hydrogens is 255 g/mol. The van der Waals surface area contributed by atoms with Gasteiger partial charge >= 0.3 is 0 Å². The molecule has 0 radical (unpaired) electrons. The van der Waals surface area contributed by atoms with Gasteiger partial charge in [-0.2, -0.15) is 5.26 Å². The maximum atomic E-state index is 13.8. The summed E-state index contributed by atoms with van der Waals surface area (Å²) in [5, 5.41) is 7.93. The van der Waals surface area contributed by atoms with Crippen LogP contribution in [0.1, 0.15) is 13.3 Å². The van der Waals surface area contributed by atoms with Gasteiger partial charge in [0.15, 0.2) is 9.84 Å². The highest BCUT2D eigenvalue weighted by molar-refractivity contribution is 7.92. The maximum Gasteiger partial charge on any atom is 0.186 e. The molecule has 6 heteroatoms. The van der Waals surface area contributed by atoms with Crippen LogP contribution in [0.25, 0.3) is 0 Å². The van der Waals surface area contributed by atoms with Gasteiger partial charge < -0.3 is 4.90 Å². The Kier molecular flexibility index (Phi) is 3.03. The van der Waals surface area contributed by atoms with Crippen molar-refractivity contribution in [3.63, 3.8) is 0 Å². The Morgan fingerprint density at radius 2 is 2.17 bits per heavy atom. The van der Waals surface area contributed by atoms with Crippen LogP contribution in [0, 0.1) is 17.1 Å². The Labute approximate surface area is 106 Å². The fourth-order valence-corrected chi connectivity index (χ4v) is 4.41. The van der Waals surface area contributed by atoms with Crippen molar-refractivity contribution >= 4 is 15.5 Å². The van der Waals surface area contributed by atoms with E-state index in [1.165, 1.54) is 18.2 Å². The lowest BCUT2D eigenvalue weighted by atomic mass is 10.1. The van der Waals surface area contributed by atoms with E-state index in [0.29, 0.717) is 0 Å². The standard InChI is InChI=1S/C12H13FN2O2S/c1-8-10(6-7-14)18(16,17)11-5-3-4-9(13)12(11)15(8)2/h3-5,8,10H,6H2,1-2H3. The van der Waals surface area contributed by atoms with E-state index in [-0.39, 0.29) is 17.0 Å². The van der Waals surface area contributed by atoms with Crippen LogP contribution in [-0.4, -0.2) is 26.8 Å². The molecule has 0 spiro atoms. The summed E-state index contributed by atoms with van der Waals surface area (Å²) in [5.74, 6) is -0.555. The van der Waals surface area contributed by atoms with E-state index >= 15 is 0 Å². The third kappa shape index (κ3) is 1.66. The second-order valence-electron chi connectivity index (χ2n) is 4.38. The molecule has 1 aromatic rings. The van der Waals surface area contributed by atoms with Crippen LogP contribution in [0.15, 0.2) is 23.1 Å². The molecule has 1 aromatic carbocycles. The van der Waals surface area contributed by atoms with Crippen LogP contribution in [-0.2, 0) is 9.84 Å². The lowest BCUT2D eigenvalue weighted by Gasteiger charge is -2.38. The second kappa shape index (κ2) is 4.25. The summed E-state index contributed by atoms with van der Waals surface area (Å²) in [5.41, 5.74) is 0.0965. The van der Waals surface area contributed by atoms with Crippen LogP contribution in [0.4, 0.5) is 10.1 Å². The number of halogens is 1. The minimum atomic E-state index is -3.65. The number of fused-ring (bicyclic) bond motifs is 1. The Hall–Kier alpha value is -1.61. The molecule has 0 saturated heterocycles. The molecule has 0 bridgehead atoms. The van der Waals surface area contributed by atoms with Gasteiger partial charge in [0.25, 0.3) is 0 Å². The van der Waals surface area contributed by atoms with E-state index in [4.69, 9.17) is 5.26 Å². The number of para-hydroxylation sites is 1. The van der Waals surface area contributed by atoms with E-state index in [9.17, 15) is 12.8 Å². The summed E-state index contributed by atoms with van der Waals surface area (Å²) < 4.78 is 38.5. The third-order valence-corrected chi connectivity index (χ3v) is 5.75. The van der Waals surface area contributed by atoms with E-state index in [1.54, 1.807) is 18.9 Å². The molecule has 0 aliphatic carbocycles. The van der Waals surface area contributed by atoms with Gasteiger partial charge in [0.05, 0.1) is 28.3 Å². The molecule has 4 nitrogen and oxygen atoms in total. The fourth-order valence-electron chi connectivity index (χ4n) is 2.31. The van der Waals surface area contributed by atoms with Gasteiger partial charge in [-0.15, -0.1) is 0 Å². The molecule has 0 saturated carbocycles. The Balaban J connectivity index is 2.71. The molecule has 0 aromatic heterocycles. The molecule has 2 atom stereocenters. The molecule has 18 heavy (non-hydrogen) atoms. The van der Waals surface area contributed by atoms with Crippen molar-refractivity contribution in [2.75, 3.05) is 11.9 Å². The van der Waals surface area contributed by atoms with Crippen LogP contribution in [0.3, 0.4) is 0 Å². The minimum absolute atomic E-state index is 0.0247. The molecule has 0 fully saturated rings. The first kappa shape index (κ1) is 12.8. The van der Waals surface area contributed by atoms with Gasteiger partial charge in [-0.05, 0) is 19.1 Å². The fraction of sp³-hybridized carbons (Fsp3) is 0.417. The molecule has 96 valence electrons. The van der Waals surface area contributed by atoms with E-state index < -0.39 is 26.9 Å². The Morgan fingerprint density at radius 3 is 2.78 bits per heavy atom. The van der Waals surface area contributed by atoms with E-state index in [1.807, 2.05) is 6.07 Å². The van der Waals surface area contributed by atoms with Crippen LogP contribution in [0.2, 0.25) is 0 Å². The average molecular weight is 268 g/mol. The number of anilines is 1. The highest BCUT2D eigenvalue weighted by Crippen LogP contribution is 2.38. The van der Waals surface area contributed by atoms with Gasteiger partial charge in [0.2, 0.25) is 0 Å². The van der Waals surface area contributed by atoms with Crippen molar-refractivity contribution in [2.45, 2.75) is 29.5 Å². The number of rotatable bonds is 1. The summed E-state index contributed by atoms with van der Waals surface area (Å²) in [6.45, 7) is 1.69. The minimum Gasteiger partial charge on any atom is -0.367 e. The number of benzene rings is 1. The average Bonchev–Trinajstić information content (AvgIpc) is 2.32. The smallest absolute Gasteiger partial charge is 0.186 e. The van der Waals surface area contributed by atoms with E-state index in [2.05, 4.69) is 0 Å². The summed E-state index contributed by atoms with van der Waals surface area (Å²) >= 11 is 0. The van der Waals surface area contributed by atoms with Gasteiger partial charge in [0, 0.05) is 13.1 Å². The zero-order valence-corrected chi connectivity index (χ0v) is 10.9. The highest BCUT2D eigenvalue weighted by atomic mass is 32.2. The first-order valence-electron chi connectivity index (χ1n) is 5.53. The Morgan fingerprint density at radius 1 is 1.50 bits per heavy atom. The van der Waals surface area contributed by atoms with Crippen molar-refractivity contribution in [1.29, 1.82) is 5.26 Å². The molecule has 0 N–H and O–H groups in total. The SMILES string of the molecule is CC1C(CC#N)S(=O)(=O)c2cccc(F)c2N1C. The zero-order chi connectivity index (χ0) is 13.5. The van der Waals surface area contributed by atoms with Crippen LogP contribution < -0.4 is 4.90 Å². The first-order valence-corrected chi connectivity index (χ1v) is 7.08. The van der Waals surface area contributed by atoms with Gasteiger partial charge in [-0.3, -0.25) is 0 Å². The number of sulfone groups is 1. The summed E-state index contributed by atoms with van der Waals surface area (Å²) in [6.07, 6.45) is -0.0935. The maximum absolute atomic E-state index is 13.8. The van der Waals surface area contributed by atoms with Crippen molar-refractivity contribution in [3.05, 3.63) is 24.0 Å². The van der Waals surface area contributed by atoms with Crippen LogP contribution >= 0.6 is 0 Å². The molecule has 2 rings (SSSR count). The zero-order valence-electron chi connectivity index (χ0n) is 10.1. The first-order chi connectivity index (χ1) is 8.41. The van der Waals surface area contributed by atoms with Gasteiger partial charge in [0.1, 0.15) is 5.82 Å². The predicted octanol–water partition coefficient (Wildman–Crippen LogP) is 1.72. The van der Waals surface area contributed by atoms with Crippen molar-refractivity contribution < 1.29 is 12.8 Å².